The molecule has 1 aliphatic heterocycles. The molecule has 3 aliphatic carbocycles. The number of ketones is 2. The molecule has 4 aliphatic rings. The predicted molar refractivity (Wildman–Crippen MR) is 99.8 cm³/mol. The molecule has 2 fully saturated rings. The summed E-state index contributed by atoms with van der Waals surface area (Å²) in [6, 6.07) is 0. The van der Waals surface area contributed by atoms with Crippen LogP contribution < -0.4 is 0 Å². The number of fused-ring (bicyclic) bond motifs is 2. The minimum atomic E-state index is -0.936. The average Bonchev–Trinajstić information content (AvgIpc) is 2.63. The van der Waals surface area contributed by atoms with E-state index in [2.05, 4.69) is 0 Å². The number of Topliss-reactive ketones (excluding diaryl/α,β-unsaturated/α-hetero) is 2. The number of esters is 1. The van der Waals surface area contributed by atoms with E-state index in [1.54, 1.807) is 0 Å². The van der Waals surface area contributed by atoms with Crippen LogP contribution in [0.4, 0.5) is 0 Å². The van der Waals surface area contributed by atoms with Crippen LogP contribution in [0.2, 0.25) is 0 Å². The summed E-state index contributed by atoms with van der Waals surface area (Å²) in [4.78, 5) is 39.6. The molecule has 6 nitrogen and oxygen atoms in total. The van der Waals surface area contributed by atoms with Crippen LogP contribution in [-0.2, 0) is 28.6 Å². The summed E-state index contributed by atoms with van der Waals surface area (Å²) in [5.41, 5.74) is -0.795. The highest BCUT2D eigenvalue weighted by atomic mass is 16.5. The van der Waals surface area contributed by atoms with E-state index in [9.17, 15) is 14.4 Å². The minimum absolute atomic E-state index is 0.0204. The van der Waals surface area contributed by atoms with Gasteiger partial charge in [-0.05, 0) is 36.8 Å². The molecule has 0 amide bonds. The molecule has 0 radical (unpaired) electrons. The van der Waals surface area contributed by atoms with E-state index >= 15 is 0 Å². The van der Waals surface area contributed by atoms with Gasteiger partial charge in [0.05, 0.1) is 20.6 Å². The lowest BCUT2D eigenvalue weighted by atomic mass is 9.40. The van der Waals surface area contributed by atoms with Crippen molar-refractivity contribution in [3.63, 3.8) is 0 Å². The van der Waals surface area contributed by atoms with E-state index in [0.717, 1.165) is 5.57 Å². The van der Waals surface area contributed by atoms with Gasteiger partial charge in [-0.1, -0.05) is 20.8 Å². The van der Waals surface area contributed by atoms with E-state index in [1.807, 2.05) is 33.8 Å². The molecule has 6 heteroatoms. The third kappa shape index (κ3) is 2.06. The second-order valence-corrected chi connectivity index (χ2v) is 9.16. The fourth-order valence-corrected chi connectivity index (χ4v) is 6.81. The Morgan fingerprint density at radius 2 is 1.82 bits per heavy atom. The van der Waals surface area contributed by atoms with Gasteiger partial charge >= 0.3 is 5.97 Å². The maximum Gasteiger partial charge on any atom is 0.306 e. The molecule has 7 atom stereocenters. The normalized spacial score (nSPS) is 45.0. The van der Waals surface area contributed by atoms with E-state index < -0.39 is 22.9 Å². The van der Waals surface area contributed by atoms with Gasteiger partial charge in [-0.3, -0.25) is 14.4 Å². The van der Waals surface area contributed by atoms with E-state index in [1.165, 1.54) is 14.2 Å². The number of allylic oxidation sites excluding steroid dienone is 4. The highest BCUT2D eigenvalue weighted by Crippen LogP contribution is 2.67. The summed E-state index contributed by atoms with van der Waals surface area (Å²) >= 11 is 0. The lowest BCUT2D eigenvalue weighted by Crippen LogP contribution is -2.69. The van der Waals surface area contributed by atoms with Crippen LogP contribution >= 0.6 is 0 Å². The van der Waals surface area contributed by atoms with Crippen molar-refractivity contribution in [2.75, 3.05) is 14.2 Å². The second-order valence-electron chi connectivity index (χ2n) is 9.16. The summed E-state index contributed by atoms with van der Waals surface area (Å²) in [5, 5.41) is 0. The zero-order valence-electron chi connectivity index (χ0n) is 17.3. The van der Waals surface area contributed by atoms with Crippen LogP contribution in [0.25, 0.3) is 0 Å². The van der Waals surface area contributed by atoms with Gasteiger partial charge in [0.1, 0.15) is 6.10 Å². The van der Waals surface area contributed by atoms with Crippen molar-refractivity contribution < 1.29 is 28.6 Å². The predicted octanol–water partition coefficient (Wildman–Crippen LogP) is 2.82. The molecule has 0 aromatic heterocycles. The number of rotatable bonds is 2. The third-order valence-corrected chi connectivity index (χ3v) is 8.10. The average molecular weight is 388 g/mol. The first-order valence-electron chi connectivity index (χ1n) is 9.91. The van der Waals surface area contributed by atoms with Crippen LogP contribution in [0.5, 0.6) is 0 Å². The van der Waals surface area contributed by atoms with Crippen molar-refractivity contribution in [2.45, 2.75) is 46.6 Å². The van der Waals surface area contributed by atoms with Crippen molar-refractivity contribution in [3.8, 4) is 0 Å². The standard InChI is InChI=1S/C22H28O6/c1-10-7-14(26-5)20(25)22(4)12(10)8-15-21(3)13(9-16(23)28-15)11(2)18(27-6)17(24)19(21)22/h7,10,12-13,15,19H,8-9H2,1-6H3/t10-,12+,13-,15+,19-,21-,22+/m1/s1. The van der Waals surface area contributed by atoms with Crippen LogP contribution in [0.3, 0.4) is 0 Å². The summed E-state index contributed by atoms with van der Waals surface area (Å²) in [7, 11) is 2.97. The summed E-state index contributed by atoms with van der Waals surface area (Å²) in [6.07, 6.45) is 2.21. The molecule has 0 N–H and O–H groups in total. The Morgan fingerprint density at radius 3 is 2.43 bits per heavy atom. The highest BCUT2D eigenvalue weighted by molar-refractivity contribution is 6.07. The van der Waals surface area contributed by atoms with Crippen molar-refractivity contribution in [1.82, 2.24) is 0 Å². The topological polar surface area (TPSA) is 78.9 Å². The van der Waals surface area contributed by atoms with Crippen LogP contribution in [-0.4, -0.2) is 37.9 Å². The lowest BCUT2D eigenvalue weighted by molar-refractivity contribution is -0.217. The number of methoxy groups -OCH3 is 2. The van der Waals surface area contributed by atoms with Crippen molar-refractivity contribution in [2.24, 2.45) is 34.5 Å². The molecule has 1 saturated heterocycles. The molecule has 152 valence electrons. The molecule has 1 heterocycles. The maximum atomic E-state index is 13.7. The smallest absolute Gasteiger partial charge is 0.306 e. The van der Waals surface area contributed by atoms with Crippen molar-refractivity contribution in [1.29, 1.82) is 0 Å². The fourth-order valence-electron chi connectivity index (χ4n) is 6.81. The lowest BCUT2D eigenvalue weighted by Gasteiger charge is -2.64. The molecule has 0 bridgehead atoms. The van der Waals surface area contributed by atoms with Gasteiger partial charge in [-0.25, -0.2) is 0 Å². The number of ether oxygens (including phenoxy) is 3. The Balaban J connectivity index is 1.99. The SMILES string of the molecule is COC1=C[C@@H](C)[C@@H]2C[C@@H]3OC(=O)C[C@@H]4C(C)=C(OC)C(=O)[C@@H]([C@@]2(C)C1=O)[C@@]34C. The van der Waals surface area contributed by atoms with Gasteiger partial charge in [-0.2, -0.15) is 0 Å². The number of carbonyl (C=O) groups excluding carboxylic acids is 3. The molecule has 0 spiro atoms. The molecular weight excluding hydrogens is 360 g/mol. The molecule has 0 unspecified atom stereocenters. The van der Waals surface area contributed by atoms with Crippen molar-refractivity contribution >= 4 is 17.5 Å². The second kappa shape index (κ2) is 5.94. The van der Waals surface area contributed by atoms with Crippen LogP contribution in [0.15, 0.2) is 23.2 Å². The fraction of sp³-hybridized carbons (Fsp3) is 0.682. The van der Waals surface area contributed by atoms with E-state index in [0.29, 0.717) is 12.2 Å². The van der Waals surface area contributed by atoms with Gasteiger partial charge < -0.3 is 14.2 Å². The zero-order valence-corrected chi connectivity index (χ0v) is 17.3. The Hall–Kier alpha value is -2.11. The molecule has 1 saturated carbocycles. The summed E-state index contributed by atoms with van der Waals surface area (Å²) < 4.78 is 16.7. The first kappa shape index (κ1) is 19.2. The minimum Gasteiger partial charge on any atom is -0.493 e. The van der Waals surface area contributed by atoms with Gasteiger partial charge in [0.2, 0.25) is 11.6 Å². The summed E-state index contributed by atoms with van der Waals surface area (Å²) in [5.74, 6) is -0.854. The summed E-state index contributed by atoms with van der Waals surface area (Å²) in [6.45, 7) is 7.80. The Labute approximate surface area is 165 Å². The molecular formula is C22H28O6. The molecule has 4 rings (SSSR count). The van der Waals surface area contributed by atoms with Gasteiger partial charge in [0.25, 0.3) is 0 Å². The third-order valence-electron chi connectivity index (χ3n) is 8.10. The molecule has 28 heavy (non-hydrogen) atoms. The quantitative estimate of drug-likeness (QED) is 0.677. The largest absolute Gasteiger partial charge is 0.493 e. The zero-order chi connectivity index (χ0) is 20.6. The Morgan fingerprint density at radius 1 is 1.14 bits per heavy atom. The van der Waals surface area contributed by atoms with Crippen molar-refractivity contribution in [3.05, 3.63) is 23.2 Å². The first-order valence-corrected chi connectivity index (χ1v) is 9.91. The van der Waals surface area contributed by atoms with Gasteiger partial charge in [0.15, 0.2) is 11.5 Å². The van der Waals surface area contributed by atoms with E-state index in [4.69, 9.17) is 14.2 Å². The number of hydrogen-bond donors (Lipinski definition) is 0. The first-order chi connectivity index (χ1) is 13.1. The highest BCUT2D eigenvalue weighted by Gasteiger charge is 2.72. The van der Waals surface area contributed by atoms with Gasteiger partial charge in [0, 0.05) is 22.7 Å². The van der Waals surface area contributed by atoms with Crippen LogP contribution in [0, 0.1) is 34.5 Å². The van der Waals surface area contributed by atoms with E-state index in [-0.39, 0.29) is 47.5 Å². The van der Waals surface area contributed by atoms with Gasteiger partial charge in [-0.15, -0.1) is 0 Å². The van der Waals surface area contributed by atoms with Crippen LogP contribution in [0.1, 0.15) is 40.5 Å². The molecule has 0 aromatic carbocycles. The number of carbonyl (C=O) groups is 3. The Bertz CT molecular complexity index is 838. The number of hydrogen-bond acceptors (Lipinski definition) is 6. The Kier molecular flexibility index (Phi) is 4.08. The monoisotopic (exact) mass is 388 g/mol. The molecule has 0 aromatic rings. The maximum absolute atomic E-state index is 13.7.